The summed E-state index contributed by atoms with van der Waals surface area (Å²) in [5, 5.41) is 35.2. The van der Waals surface area contributed by atoms with E-state index < -0.39 is 77.7 Å². The molecule has 0 aliphatic carbocycles. The molecule has 364 valence electrons. The van der Waals surface area contributed by atoms with E-state index in [2.05, 4.69) is 41.9 Å². The van der Waals surface area contributed by atoms with E-state index >= 15 is 0 Å². The minimum atomic E-state index is -1.32. The largest absolute Gasteiger partial charge is 0.508 e. The van der Waals surface area contributed by atoms with Crippen molar-refractivity contribution in [1.82, 2.24) is 31.9 Å². The van der Waals surface area contributed by atoms with E-state index in [4.69, 9.17) is 40.1 Å². The molecule has 22 N–H and O–H groups in total. The van der Waals surface area contributed by atoms with Crippen LogP contribution in [0.5, 0.6) is 11.5 Å². The van der Waals surface area contributed by atoms with Crippen molar-refractivity contribution in [3.8, 4) is 11.5 Å². The Kier molecular flexibility index (Phi) is 23.6. The first-order valence-electron chi connectivity index (χ1n) is 21.4. The quantitative estimate of drug-likeness (QED) is 0.0216. The lowest BCUT2D eigenvalue weighted by molar-refractivity contribution is -0.135. The normalized spacial score (nSPS) is 13.6. The average Bonchev–Trinajstić information content (AvgIpc) is 3.24. The number of phenolic OH excluding ortho intramolecular Hbond substituents is 2. The van der Waals surface area contributed by atoms with Gasteiger partial charge < -0.3 is 82.2 Å². The number of phenols is 2. The van der Waals surface area contributed by atoms with Crippen LogP contribution >= 0.6 is 0 Å². The Balaban J connectivity index is 2.42. The highest BCUT2D eigenvalue weighted by Crippen LogP contribution is 2.15. The number of guanidine groups is 2. The molecule has 2 aromatic carbocycles. The van der Waals surface area contributed by atoms with Crippen LogP contribution in [0.3, 0.4) is 0 Å². The molecular formula is C42H67N15O9. The van der Waals surface area contributed by atoms with Crippen molar-refractivity contribution in [2.45, 2.75) is 108 Å². The Bertz CT molecular complexity index is 1970. The number of hydrogen-bond donors (Lipinski definition) is 15. The van der Waals surface area contributed by atoms with Gasteiger partial charge in [0, 0.05) is 32.5 Å². The number of rotatable bonds is 29. The maximum absolute atomic E-state index is 14.2. The molecule has 24 nitrogen and oxygen atoms in total. The molecule has 0 aromatic heterocycles. The van der Waals surface area contributed by atoms with Crippen LogP contribution in [0, 0.1) is 5.92 Å². The SMILES string of the molecule is CC(C)C[C@H](NC(=O)[C@H](CCCN=C(N)N)NC(=O)[C@H](Cc1ccc(O)cc1)NC(=O)[C@@H](N)CCCN=C(N)N)C(=O)N[C@@H](CCCNC(N)=O)C(=O)N[C@@H](Cc1ccc(O)cc1)C(N)=O. The van der Waals surface area contributed by atoms with Crippen LogP contribution in [0.25, 0.3) is 0 Å². The molecule has 2 aromatic rings. The second kappa shape index (κ2) is 28.4. The molecule has 24 heteroatoms. The zero-order chi connectivity index (χ0) is 49.3. The maximum Gasteiger partial charge on any atom is 0.312 e. The third-order valence-electron chi connectivity index (χ3n) is 9.87. The van der Waals surface area contributed by atoms with Crippen LogP contribution in [0.2, 0.25) is 0 Å². The number of carbonyl (C=O) groups is 7. The maximum atomic E-state index is 14.2. The van der Waals surface area contributed by atoms with Gasteiger partial charge in [0.05, 0.1) is 6.04 Å². The van der Waals surface area contributed by atoms with Crippen LogP contribution in [0.4, 0.5) is 4.79 Å². The van der Waals surface area contributed by atoms with E-state index in [1.54, 1.807) is 38.1 Å². The summed E-state index contributed by atoms with van der Waals surface area (Å²) >= 11 is 0. The lowest BCUT2D eigenvalue weighted by Gasteiger charge is -2.28. The van der Waals surface area contributed by atoms with Gasteiger partial charge in [-0.15, -0.1) is 0 Å². The first kappa shape index (κ1) is 54.8. The number of aliphatic imine (C=N–C) groups is 2. The Labute approximate surface area is 383 Å². The summed E-state index contributed by atoms with van der Waals surface area (Å²) in [6.45, 7) is 3.91. The van der Waals surface area contributed by atoms with Crippen molar-refractivity contribution in [3.05, 3.63) is 59.7 Å². The van der Waals surface area contributed by atoms with Crippen molar-refractivity contribution >= 4 is 53.4 Å². The number of amides is 8. The summed E-state index contributed by atoms with van der Waals surface area (Å²) in [7, 11) is 0. The monoisotopic (exact) mass is 926 g/mol. The van der Waals surface area contributed by atoms with Crippen LogP contribution < -0.4 is 72.0 Å². The third kappa shape index (κ3) is 21.8. The van der Waals surface area contributed by atoms with Gasteiger partial charge in [0.1, 0.15) is 41.7 Å². The van der Waals surface area contributed by atoms with Crippen LogP contribution in [-0.4, -0.2) is 119 Å². The average molecular weight is 926 g/mol. The summed E-state index contributed by atoms with van der Waals surface area (Å²) in [6, 6.07) is 3.52. The van der Waals surface area contributed by atoms with Gasteiger partial charge in [0.15, 0.2) is 11.9 Å². The molecule has 0 heterocycles. The Morgan fingerprint density at radius 1 is 0.530 bits per heavy atom. The molecule has 0 aliphatic rings. The topological polar surface area (TPSA) is 439 Å². The zero-order valence-electron chi connectivity index (χ0n) is 37.3. The smallest absolute Gasteiger partial charge is 0.312 e. The molecule has 8 amide bonds. The Morgan fingerprint density at radius 3 is 1.38 bits per heavy atom. The number of nitrogens with zero attached hydrogens (tertiary/aromatic N) is 2. The third-order valence-corrected chi connectivity index (χ3v) is 9.87. The fourth-order valence-electron chi connectivity index (χ4n) is 6.45. The van der Waals surface area contributed by atoms with Gasteiger partial charge >= 0.3 is 6.03 Å². The van der Waals surface area contributed by atoms with Gasteiger partial charge in [-0.2, -0.15) is 0 Å². The molecule has 0 saturated heterocycles. The van der Waals surface area contributed by atoms with E-state index in [1.807, 2.05) is 0 Å². The van der Waals surface area contributed by atoms with Gasteiger partial charge in [-0.3, -0.25) is 38.8 Å². The summed E-state index contributed by atoms with van der Waals surface area (Å²) in [5.41, 5.74) is 39.8. The van der Waals surface area contributed by atoms with Gasteiger partial charge in [0.2, 0.25) is 35.4 Å². The highest BCUT2D eigenvalue weighted by Gasteiger charge is 2.33. The lowest BCUT2D eigenvalue weighted by atomic mass is 10.00. The van der Waals surface area contributed by atoms with Gasteiger partial charge in [-0.25, -0.2) is 4.79 Å². The van der Waals surface area contributed by atoms with E-state index in [-0.39, 0.29) is 100 Å². The summed E-state index contributed by atoms with van der Waals surface area (Å²) < 4.78 is 0. The second-order valence-corrected chi connectivity index (χ2v) is 16.0. The van der Waals surface area contributed by atoms with E-state index in [0.717, 1.165) is 0 Å². The molecule has 0 fully saturated rings. The number of primary amides is 2. The highest BCUT2D eigenvalue weighted by molar-refractivity contribution is 5.96. The van der Waals surface area contributed by atoms with Crippen LogP contribution in [-0.2, 0) is 41.6 Å². The Morgan fingerprint density at radius 2 is 0.924 bits per heavy atom. The van der Waals surface area contributed by atoms with Crippen molar-refractivity contribution in [2.24, 2.45) is 56.0 Å². The number of aromatic hydroxyl groups is 2. The lowest BCUT2D eigenvalue weighted by Crippen LogP contribution is -2.60. The van der Waals surface area contributed by atoms with Crippen LogP contribution in [0.15, 0.2) is 58.5 Å². The van der Waals surface area contributed by atoms with Crippen LogP contribution in [0.1, 0.15) is 69.9 Å². The molecule has 2 rings (SSSR count). The molecule has 0 spiro atoms. The van der Waals surface area contributed by atoms with E-state index in [9.17, 15) is 43.8 Å². The summed E-state index contributed by atoms with van der Waals surface area (Å²) in [6.07, 6.45) is 0.709. The van der Waals surface area contributed by atoms with Crippen molar-refractivity contribution in [3.63, 3.8) is 0 Å². The number of nitrogens with one attached hydrogen (secondary N) is 6. The molecule has 0 bridgehead atoms. The fraction of sp³-hybridized carbons (Fsp3) is 0.500. The van der Waals surface area contributed by atoms with Crippen molar-refractivity contribution in [1.29, 1.82) is 0 Å². The molecule has 66 heavy (non-hydrogen) atoms. The summed E-state index contributed by atoms with van der Waals surface area (Å²) in [4.78, 5) is 101. The molecule has 0 saturated carbocycles. The van der Waals surface area contributed by atoms with Gasteiger partial charge in [-0.05, 0) is 86.3 Å². The first-order valence-corrected chi connectivity index (χ1v) is 21.4. The van der Waals surface area contributed by atoms with Crippen molar-refractivity contribution in [2.75, 3.05) is 19.6 Å². The highest BCUT2D eigenvalue weighted by atomic mass is 16.3. The number of hydrogen-bond acceptors (Lipinski definition) is 12. The summed E-state index contributed by atoms with van der Waals surface area (Å²) in [5.74, 6) is -5.27. The number of carbonyl (C=O) groups excluding carboxylic acids is 7. The van der Waals surface area contributed by atoms with E-state index in [1.165, 1.54) is 24.3 Å². The van der Waals surface area contributed by atoms with Gasteiger partial charge in [0.25, 0.3) is 0 Å². The predicted molar refractivity (Wildman–Crippen MR) is 247 cm³/mol. The second-order valence-electron chi connectivity index (χ2n) is 16.0. The first-order chi connectivity index (χ1) is 31.1. The molecule has 0 radical (unpaired) electrons. The standard InChI is InChI=1S/C42H67N15O9/c1-23(2)20-32(38(64)53-29(8-5-19-52-42(49)66)36(62)55-31(34(44)60)21-24-9-13-26(58)14-10-24)57-37(63)30(7-4-18-51-41(47)48)54-39(65)33(22-25-11-15-27(59)16-12-25)56-35(61)28(43)6-3-17-50-40(45)46/h9-16,23,28-33,58-59H,3-8,17-22,43H2,1-2H3,(H2,44,60)(H,53,64)(H,54,65)(H,55,62)(H,56,61)(H,57,63)(H4,45,46,50)(H4,47,48,51)(H3,49,52,66)/t28-,29-,30-,31-,32-,33-/m0/s1. The molecular weight excluding hydrogens is 859 g/mol. The molecule has 0 unspecified atom stereocenters. The van der Waals surface area contributed by atoms with E-state index in [0.29, 0.717) is 17.5 Å². The van der Waals surface area contributed by atoms with Gasteiger partial charge in [-0.1, -0.05) is 38.1 Å². The molecule has 6 atom stereocenters. The minimum absolute atomic E-state index is 0.0125. The number of nitrogens with two attached hydrogens (primary N) is 7. The predicted octanol–water partition coefficient (Wildman–Crippen LogP) is -3.28. The molecule has 0 aliphatic heterocycles. The van der Waals surface area contributed by atoms with Crippen molar-refractivity contribution < 1.29 is 43.8 Å². The number of benzene rings is 2. The number of urea groups is 1. The minimum Gasteiger partial charge on any atom is -0.508 e. The fourth-order valence-corrected chi connectivity index (χ4v) is 6.45. The zero-order valence-corrected chi connectivity index (χ0v) is 37.3. The Hall–Kier alpha value is -7.37.